The van der Waals surface area contributed by atoms with Gasteiger partial charge in [0.2, 0.25) is 0 Å². The van der Waals surface area contributed by atoms with Crippen LogP contribution in [-0.4, -0.2) is 16.0 Å². The molecule has 1 saturated carbocycles. The van der Waals surface area contributed by atoms with E-state index in [0.29, 0.717) is 17.3 Å². The standard InChI is InChI=1S/C14H25N5/c1-4-5-11-17-12(8-13(18-11)19-15)16-10-6-7-14(2,3)9-10/h8,10H,4-7,9,15H2,1-3H3,(H2,16,17,18,19). The van der Waals surface area contributed by atoms with Crippen molar-refractivity contribution in [3.63, 3.8) is 0 Å². The first-order valence-corrected chi connectivity index (χ1v) is 7.13. The SMILES string of the molecule is CCCc1nc(NN)cc(NC2CCC(C)(C)C2)n1. The number of nitrogens with one attached hydrogen (secondary N) is 2. The van der Waals surface area contributed by atoms with Gasteiger partial charge in [0.1, 0.15) is 17.5 Å². The van der Waals surface area contributed by atoms with Crippen molar-refractivity contribution in [3.8, 4) is 0 Å². The lowest BCUT2D eigenvalue weighted by Gasteiger charge is -2.18. The van der Waals surface area contributed by atoms with Crippen molar-refractivity contribution in [2.75, 3.05) is 10.7 Å². The molecule has 1 fully saturated rings. The van der Waals surface area contributed by atoms with Crippen LogP contribution in [0, 0.1) is 5.41 Å². The molecule has 5 nitrogen and oxygen atoms in total. The zero-order valence-corrected chi connectivity index (χ0v) is 12.2. The lowest BCUT2D eigenvalue weighted by Crippen LogP contribution is -2.19. The summed E-state index contributed by atoms with van der Waals surface area (Å²) in [5.74, 6) is 7.87. The first-order chi connectivity index (χ1) is 9.02. The summed E-state index contributed by atoms with van der Waals surface area (Å²) in [6.45, 7) is 6.77. The molecule has 106 valence electrons. The predicted molar refractivity (Wildman–Crippen MR) is 78.9 cm³/mol. The quantitative estimate of drug-likeness (QED) is 0.562. The number of aromatic nitrogens is 2. The summed E-state index contributed by atoms with van der Waals surface area (Å²) in [4.78, 5) is 8.92. The van der Waals surface area contributed by atoms with Crippen molar-refractivity contribution in [2.45, 2.75) is 58.9 Å². The fraction of sp³-hybridized carbons (Fsp3) is 0.714. The summed E-state index contributed by atoms with van der Waals surface area (Å²) in [5, 5.41) is 3.52. The van der Waals surface area contributed by atoms with Gasteiger partial charge in [-0.15, -0.1) is 0 Å². The van der Waals surface area contributed by atoms with Crippen LogP contribution in [-0.2, 0) is 6.42 Å². The number of anilines is 2. The molecule has 1 unspecified atom stereocenters. The van der Waals surface area contributed by atoms with Crippen LogP contribution in [0.15, 0.2) is 6.07 Å². The van der Waals surface area contributed by atoms with Gasteiger partial charge in [-0.3, -0.25) is 0 Å². The van der Waals surface area contributed by atoms with E-state index >= 15 is 0 Å². The smallest absolute Gasteiger partial charge is 0.145 e. The lowest BCUT2D eigenvalue weighted by molar-refractivity contribution is 0.378. The minimum atomic E-state index is 0.436. The highest BCUT2D eigenvalue weighted by molar-refractivity contribution is 5.47. The Bertz CT molecular complexity index is 430. The van der Waals surface area contributed by atoms with Crippen molar-refractivity contribution in [3.05, 3.63) is 11.9 Å². The molecule has 19 heavy (non-hydrogen) atoms. The van der Waals surface area contributed by atoms with Gasteiger partial charge in [-0.2, -0.15) is 0 Å². The van der Waals surface area contributed by atoms with E-state index < -0.39 is 0 Å². The molecule has 0 radical (unpaired) electrons. The molecule has 0 bridgehead atoms. The van der Waals surface area contributed by atoms with Crippen molar-refractivity contribution < 1.29 is 0 Å². The third-order valence-corrected chi connectivity index (χ3v) is 3.71. The highest BCUT2D eigenvalue weighted by Crippen LogP contribution is 2.38. The molecular weight excluding hydrogens is 238 g/mol. The van der Waals surface area contributed by atoms with E-state index in [2.05, 4.69) is 41.5 Å². The average molecular weight is 263 g/mol. The predicted octanol–water partition coefficient (Wildman–Crippen LogP) is 2.71. The van der Waals surface area contributed by atoms with Gasteiger partial charge in [0.15, 0.2) is 0 Å². The zero-order valence-electron chi connectivity index (χ0n) is 12.2. The van der Waals surface area contributed by atoms with Gasteiger partial charge in [0, 0.05) is 18.5 Å². The van der Waals surface area contributed by atoms with Gasteiger partial charge in [0.05, 0.1) is 0 Å². The van der Waals surface area contributed by atoms with Crippen LogP contribution in [0.4, 0.5) is 11.6 Å². The summed E-state index contributed by atoms with van der Waals surface area (Å²) < 4.78 is 0. The summed E-state index contributed by atoms with van der Waals surface area (Å²) in [6.07, 6.45) is 5.56. The van der Waals surface area contributed by atoms with Crippen LogP contribution in [0.3, 0.4) is 0 Å². The van der Waals surface area contributed by atoms with E-state index in [1.807, 2.05) is 6.07 Å². The monoisotopic (exact) mass is 263 g/mol. The Labute approximate surface area is 115 Å². The van der Waals surface area contributed by atoms with Crippen LogP contribution in [0.2, 0.25) is 0 Å². The minimum Gasteiger partial charge on any atom is -0.367 e. The van der Waals surface area contributed by atoms with E-state index in [-0.39, 0.29) is 0 Å². The molecule has 0 amide bonds. The summed E-state index contributed by atoms with van der Waals surface area (Å²) in [7, 11) is 0. The minimum absolute atomic E-state index is 0.436. The maximum atomic E-state index is 5.47. The normalized spacial score (nSPS) is 21.4. The third kappa shape index (κ3) is 3.80. The number of hydrogen-bond donors (Lipinski definition) is 3. The van der Waals surface area contributed by atoms with E-state index in [0.717, 1.165) is 24.5 Å². The van der Waals surface area contributed by atoms with E-state index in [1.54, 1.807) is 0 Å². The van der Waals surface area contributed by atoms with Gasteiger partial charge in [-0.25, -0.2) is 15.8 Å². The molecule has 0 aromatic carbocycles. The molecule has 1 heterocycles. The summed E-state index contributed by atoms with van der Waals surface area (Å²) >= 11 is 0. The van der Waals surface area contributed by atoms with Crippen molar-refractivity contribution in [1.29, 1.82) is 0 Å². The maximum Gasteiger partial charge on any atom is 0.145 e. The topological polar surface area (TPSA) is 75.9 Å². The molecule has 0 aliphatic heterocycles. The second-order valence-electron chi connectivity index (χ2n) is 6.20. The molecule has 1 aromatic rings. The molecule has 0 spiro atoms. The highest BCUT2D eigenvalue weighted by Gasteiger charge is 2.30. The Hall–Kier alpha value is -1.36. The highest BCUT2D eigenvalue weighted by atomic mass is 15.3. The fourth-order valence-electron chi connectivity index (χ4n) is 2.75. The molecule has 1 aliphatic rings. The Kier molecular flexibility index (Phi) is 4.24. The second kappa shape index (κ2) is 5.74. The number of rotatable bonds is 5. The van der Waals surface area contributed by atoms with E-state index in [4.69, 9.17) is 5.84 Å². The van der Waals surface area contributed by atoms with Gasteiger partial charge < -0.3 is 10.7 Å². The molecule has 4 N–H and O–H groups in total. The molecule has 1 atom stereocenters. The van der Waals surface area contributed by atoms with Crippen molar-refractivity contribution in [1.82, 2.24) is 9.97 Å². The number of nitrogens with zero attached hydrogens (tertiary/aromatic N) is 2. The maximum absolute atomic E-state index is 5.47. The van der Waals surface area contributed by atoms with Crippen molar-refractivity contribution >= 4 is 11.6 Å². The van der Waals surface area contributed by atoms with Gasteiger partial charge in [0.25, 0.3) is 0 Å². The average Bonchev–Trinajstić information content (AvgIpc) is 2.68. The molecule has 1 aliphatic carbocycles. The molecule has 0 saturated heterocycles. The van der Waals surface area contributed by atoms with Crippen LogP contribution >= 0.6 is 0 Å². The van der Waals surface area contributed by atoms with E-state index in [9.17, 15) is 0 Å². The Morgan fingerprint density at radius 1 is 1.37 bits per heavy atom. The van der Waals surface area contributed by atoms with Crippen LogP contribution in [0.25, 0.3) is 0 Å². The fourth-order valence-corrected chi connectivity index (χ4v) is 2.75. The number of nitrogen functional groups attached to an aromatic ring is 1. The Morgan fingerprint density at radius 3 is 2.68 bits per heavy atom. The van der Waals surface area contributed by atoms with E-state index in [1.165, 1.54) is 19.3 Å². The number of hydrazine groups is 1. The van der Waals surface area contributed by atoms with Gasteiger partial charge >= 0.3 is 0 Å². The second-order valence-corrected chi connectivity index (χ2v) is 6.20. The number of aryl methyl sites for hydroxylation is 1. The molecular formula is C14H25N5. The summed E-state index contributed by atoms with van der Waals surface area (Å²) in [6, 6.07) is 2.38. The first kappa shape index (κ1) is 14.1. The summed E-state index contributed by atoms with van der Waals surface area (Å²) in [5.41, 5.74) is 3.05. The lowest BCUT2D eigenvalue weighted by atomic mass is 9.92. The van der Waals surface area contributed by atoms with Crippen LogP contribution in [0.5, 0.6) is 0 Å². The van der Waals surface area contributed by atoms with Crippen molar-refractivity contribution in [2.24, 2.45) is 11.3 Å². The van der Waals surface area contributed by atoms with Crippen LogP contribution < -0.4 is 16.6 Å². The van der Waals surface area contributed by atoms with Gasteiger partial charge in [-0.1, -0.05) is 20.8 Å². The largest absolute Gasteiger partial charge is 0.367 e. The molecule has 5 heteroatoms. The Morgan fingerprint density at radius 2 is 2.11 bits per heavy atom. The van der Waals surface area contributed by atoms with Gasteiger partial charge in [-0.05, 0) is 31.1 Å². The van der Waals surface area contributed by atoms with Crippen LogP contribution in [0.1, 0.15) is 52.3 Å². The number of hydrogen-bond acceptors (Lipinski definition) is 5. The number of nitrogens with two attached hydrogens (primary N) is 1. The zero-order chi connectivity index (χ0) is 13.9. The Balaban J connectivity index is 2.09. The third-order valence-electron chi connectivity index (χ3n) is 3.71. The first-order valence-electron chi connectivity index (χ1n) is 7.13. The molecule has 1 aromatic heterocycles. The molecule has 2 rings (SSSR count).